The van der Waals surface area contributed by atoms with Crippen LogP contribution in [0, 0.1) is 13.8 Å². The summed E-state index contributed by atoms with van der Waals surface area (Å²) in [4.78, 5) is 14.0. The fourth-order valence-electron chi connectivity index (χ4n) is 3.29. The van der Waals surface area contributed by atoms with Gasteiger partial charge in [0.05, 0.1) is 10.6 Å². The second kappa shape index (κ2) is 7.77. The van der Waals surface area contributed by atoms with Gasteiger partial charge in [-0.05, 0) is 43.5 Å². The second-order valence-electron chi connectivity index (χ2n) is 6.51. The zero-order valence-corrected chi connectivity index (χ0v) is 17.5. The highest BCUT2D eigenvalue weighted by molar-refractivity contribution is 7.99. The summed E-state index contributed by atoms with van der Waals surface area (Å²) in [5.41, 5.74) is 3.84. The van der Waals surface area contributed by atoms with Crippen LogP contribution in [0.15, 0.2) is 59.1 Å². The zero-order valence-electron chi connectivity index (χ0n) is 15.9. The molecule has 3 aromatic heterocycles. The van der Waals surface area contributed by atoms with E-state index in [2.05, 4.69) is 26.9 Å². The molecule has 1 aromatic carbocycles. The summed E-state index contributed by atoms with van der Waals surface area (Å²) >= 11 is 3.05. The van der Waals surface area contributed by atoms with Gasteiger partial charge in [0.2, 0.25) is 0 Å². The molecule has 3 heterocycles. The van der Waals surface area contributed by atoms with Crippen LogP contribution in [0.25, 0.3) is 16.4 Å². The van der Waals surface area contributed by atoms with Gasteiger partial charge in [-0.2, -0.15) is 0 Å². The van der Waals surface area contributed by atoms with E-state index in [0.717, 1.165) is 38.5 Å². The molecule has 28 heavy (non-hydrogen) atoms. The van der Waals surface area contributed by atoms with Gasteiger partial charge in [0, 0.05) is 29.7 Å². The SMILES string of the molecule is Cc1cc(C(=O)CSc2nnc(-c3cccs3)n2C)c(C)n1-c1ccccc1. The highest BCUT2D eigenvalue weighted by Gasteiger charge is 2.19. The van der Waals surface area contributed by atoms with E-state index in [4.69, 9.17) is 0 Å². The van der Waals surface area contributed by atoms with Crippen LogP contribution >= 0.6 is 23.1 Å². The molecule has 5 nitrogen and oxygen atoms in total. The normalized spacial score (nSPS) is 11.1. The van der Waals surface area contributed by atoms with Crippen molar-refractivity contribution in [1.82, 2.24) is 19.3 Å². The zero-order chi connectivity index (χ0) is 19.7. The summed E-state index contributed by atoms with van der Waals surface area (Å²) in [6.45, 7) is 4.02. The molecule has 0 spiro atoms. The van der Waals surface area contributed by atoms with Crippen molar-refractivity contribution in [3.05, 3.63) is 70.9 Å². The lowest BCUT2D eigenvalue weighted by Crippen LogP contribution is -2.06. The first-order chi connectivity index (χ1) is 13.6. The third-order valence-electron chi connectivity index (χ3n) is 4.65. The monoisotopic (exact) mass is 408 g/mol. The van der Waals surface area contributed by atoms with Crippen molar-refractivity contribution < 1.29 is 4.79 Å². The number of benzene rings is 1. The number of ketones is 1. The van der Waals surface area contributed by atoms with Crippen molar-refractivity contribution in [3.8, 4) is 16.4 Å². The van der Waals surface area contributed by atoms with Gasteiger partial charge in [0.15, 0.2) is 16.8 Å². The third kappa shape index (κ3) is 3.43. The standard InChI is InChI=1S/C21H20N4OS2/c1-14-12-17(15(2)25(14)16-8-5-4-6-9-16)18(26)13-28-21-23-22-20(24(21)3)19-10-7-11-27-19/h4-12H,13H2,1-3H3. The summed E-state index contributed by atoms with van der Waals surface area (Å²) in [6, 6.07) is 16.1. The lowest BCUT2D eigenvalue weighted by Gasteiger charge is -2.09. The number of thiophene rings is 1. The number of hydrogen-bond donors (Lipinski definition) is 0. The molecule has 0 fully saturated rings. The first-order valence-corrected chi connectivity index (χ1v) is 10.8. The van der Waals surface area contributed by atoms with E-state index in [9.17, 15) is 4.79 Å². The first-order valence-electron chi connectivity index (χ1n) is 8.90. The lowest BCUT2D eigenvalue weighted by atomic mass is 10.2. The number of para-hydroxylation sites is 1. The molecular weight excluding hydrogens is 388 g/mol. The molecule has 0 radical (unpaired) electrons. The van der Waals surface area contributed by atoms with Crippen LogP contribution in [0.1, 0.15) is 21.7 Å². The minimum absolute atomic E-state index is 0.0981. The van der Waals surface area contributed by atoms with Gasteiger partial charge in [-0.1, -0.05) is 36.0 Å². The number of rotatable bonds is 6. The number of thioether (sulfide) groups is 1. The van der Waals surface area contributed by atoms with Crippen molar-refractivity contribution in [1.29, 1.82) is 0 Å². The lowest BCUT2D eigenvalue weighted by molar-refractivity contribution is 0.102. The molecule has 4 rings (SSSR count). The summed E-state index contributed by atoms with van der Waals surface area (Å²) < 4.78 is 4.06. The minimum Gasteiger partial charge on any atom is -0.318 e. The Kier molecular flexibility index (Phi) is 5.19. The molecule has 0 saturated heterocycles. The molecule has 0 bridgehead atoms. The maximum Gasteiger partial charge on any atom is 0.191 e. The van der Waals surface area contributed by atoms with Gasteiger partial charge in [-0.25, -0.2) is 0 Å². The van der Waals surface area contributed by atoms with E-state index in [0.29, 0.717) is 5.75 Å². The quantitative estimate of drug-likeness (QED) is 0.335. The van der Waals surface area contributed by atoms with Crippen LogP contribution in [0.4, 0.5) is 0 Å². The van der Waals surface area contributed by atoms with Crippen LogP contribution < -0.4 is 0 Å². The molecule has 0 aliphatic heterocycles. The molecular formula is C21H20N4OS2. The molecule has 0 aliphatic rings. The van der Waals surface area contributed by atoms with Crippen LogP contribution in [0.2, 0.25) is 0 Å². The topological polar surface area (TPSA) is 52.7 Å². The number of aromatic nitrogens is 4. The minimum atomic E-state index is 0.0981. The fraction of sp³-hybridized carbons (Fsp3) is 0.190. The van der Waals surface area contributed by atoms with Gasteiger partial charge in [0.25, 0.3) is 0 Å². The Morgan fingerprint density at radius 3 is 2.61 bits per heavy atom. The smallest absolute Gasteiger partial charge is 0.191 e. The highest BCUT2D eigenvalue weighted by Crippen LogP contribution is 2.27. The maximum atomic E-state index is 12.9. The Labute approximate surface area is 172 Å². The predicted octanol–water partition coefficient (Wildman–Crippen LogP) is 4.93. The molecule has 0 atom stereocenters. The van der Waals surface area contributed by atoms with Crippen molar-refractivity contribution in [2.75, 3.05) is 5.75 Å². The van der Waals surface area contributed by atoms with E-state index in [-0.39, 0.29) is 5.78 Å². The molecule has 0 saturated carbocycles. The number of hydrogen-bond acceptors (Lipinski definition) is 5. The van der Waals surface area contributed by atoms with Crippen molar-refractivity contribution >= 4 is 28.9 Å². The summed E-state index contributed by atoms with van der Waals surface area (Å²) in [6.07, 6.45) is 0. The van der Waals surface area contributed by atoms with E-state index in [1.807, 2.05) is 67.2 Å². The summed E-state index contributed by atoms with van der Waals surface area (Å²) in [5.74, 6) is 1.25. The molecule has 142 valence electrons. The Morgan fingerprint density at radius 1 is 1.11 bits per heavy atom. The number of carbonyl (C=O) groups is 1. The van der Waals surface area contributed by atoms with Crippen LogP contribution in [0.5, 0.6) is 0 Å². The van der Waals surface area contributed by atoms with Crippen LogP contribution in [-0.4, -0.2) is 30.9 Å². The number of carbonyl (C=O) groups excluding carboxylic acids is 1. The molecule has 4 aromatic rings. The molecule has 0 aliphatic carbocycles. The molecule has 7 heteroatoms. The van der Waals surface area contributed by atoms with Gasteiger partial charge in [0.1, 0.15) is 0 Å². The maximum absolute atomic E-state index is 12.9. The summed E-state index contributed by atoms with van der Waals surface area (Å²) in [5, 5.41) is 11.3. The first kappa shape index (κ1) is 18.7. The van der Waals surface area contributed by atoms with Gasteiger partial charge in [-0.3, -0.25) is 4.79 Å². The van der Waals surface area contributed by atoms with Crippen molar-refractivity contribution in [2.24, 2.45) is 7.05 Å². The van der Waals surface area contributed by atoms with Gasteiger partial charge in [-0.15, -0.1) is 21.5 Å². The Bertz CT molecular complexity index is 1110. The van der Waals surface area contributed by atoms with Crippen molar-refractivity contribution in [2.45, 2.75) is 19.0 Å². The van der Waals surface area contributed by atoms with E-state index < -0.39 is 0 Å². The van der Waals surface area contributed by atoms with Crippen LogP contribution in [-0.2, 0) is 7.05 Å². The number of Topliss-reactive ketones (excluding diaryl/α,β-unsaturated/α-hetero) is 1. The van der Waals surface area contributed by atoms with Gasteiger partial charge >= 0.3 is 0 Å². The molecule has 0 unspecified atom stereocenters. The third-order valence-corrected chi connectivity index (χ3v) is 6.54. The van der Waals surface area contributed by atoms with Crippen molar-refractivity contribution in [3.63, 3.8) is 0 Å². The average Bonchev–Trinajstić information content (AvgIpc) is 3.40. The Hall–Kier alpha value is -2.64. The van der Waals surface area contributed by atoms with E-state index in [1.54, 1.807) is 11.3 Å². The highest BCUT2D eigenvalue weighted by atomic mass is 32.2. The fourth-order valence-corrected chi connectivity index (χ4v) is 4.83. The number of aryl methyl sites for hydroxylation is 1. The largest absolute Gasteiger partial charge is 0.318 e. The number of nitrogens with zero attached hydrogens (tertiary/aromatic N) is 4. The average molecular weight is 409 g/mol. The van der Waals surface area contributed by atoms with Crippen LogP contribution in [0.3, 0.4) is 0 Å². The summed E-state index contributed by atoms with van der Waals surface area (Å²) in [7, 11) is 1.93. The van der Waals surface area contributed by atoms with E-state index >= 15 is 0 Å². The van der Waals surface area contributed by atoms with Gasteiger partial charge < -0.3 is 9.13 Å². The Morgan fingerprint density at radius 2 is 1.89 bits per heavy atom. The van der Waals surface area contributed by atoms with E-state index in [1.165, 1.54) is 11.8 Å². The second-order valence-corrected chi connectivity index (χ2v) is 8.40. The Balaban J connectivity index is 1.53. The molecule has 0 amide bonds. The molecule has 0 N–H and O–H groups in total. The predicted molar refractivity (Wildman–Crippen MR) is 115 cm³/mol.